The smallest absolute Gasteiger partial charge is 0.220 e. The van der Waals surface area contributed by atoms with Gasteiger partial charge in [0.15, 0.2) is 0 Å². The fourth-order valence-electron chi connectivity index (χ4n) is 3.95. The van der Waals surface area contributed by atoms with Crippen molar-refractivity contribution >= 4 is 16.8 Å². The zero-order chi connectivity index (χ0) is 20.1. The van der Waals surface area contributed by atoms with Gasteiger partial charge in [0.1, 0.15) is 5.76 Å². The second-order valence-electron chi connectivity index (χ2n) is 7.49. The first-order valence-electron chi connectivity index (χ1n) is 10.1. The van der Waals surface area contributed by atoms with Gasteiger partial charge in [0.05, 0.1) is 12.8 Å². The number of para-hydroxylation sites is 1. The molecule has 0 radical (unpaired) electrons. The number of rotatable bonds is 8. The minimum Gasteiger partial charge on any atom is -0.467 e. The highest BCUT2D eigenvalue weighted by Gasteiger charge is 2.20. The SMILES string of the molecule is Cn1cc([C@H](CCc2ccccc2)CC(=O)NCc2ccco2)c2ccccc21. The lowest BCUT2D eigenvalue weighted by atomic mass is 9.89. The predicted molar refractivity (Wildman–Crippen MR) is 116 cm³/mol. The first-order chi connectivity index (χ1) is 14.2. The molecule has 4 aromatic rings. The van der Waals surface area contributed by atoms with Crippen molar-refractivity contribution in [2.75, 3.05) is 0 Å². The Balaban J connectivity index is 1.53. The summed E-state index contributed by atoms with van der Waals surface area (Å²) >= 11 is 0. The molecule has 0 unspecified atom stereocenters. The first kappa shape index (κ1) is 19.1. The number of furan rings is 1. The molecule has 1 N–H and O–H groups in total. The van der Waals surface area contributed by atoms with Crippen LogP contribution in [0.4, 0.5) is 0 Å². The second-order valence-corrected chi connectivity index (χ2v) is 7.49. The monoisotopic (exact) mass is 386 g/mol. The number of carbonyl (C=O) groups is 1. The third-order valence-corrected chi connectivity index (χ3v) is 5.46. The van der Waals surface area contributed by atoms with Gasteiger partial charge in [-0.15, -0.1) is 0 Å². The van der Waals surface area contributed by atoms with Crippen molar-refractivity contribution in [1.82, 2.24) is 9.88 Å². The standard InChI is InChI=1S/C25H26N2O2/c1-27-18-23(22-11-5-6-12-24(22)27)20(14-13-19-8-3-2-4-9-19)16-25(28)26-17-21-10-7-15-29-21/h2-12,15,18,20H,13-14,16-17H2,1H3,(H,26,28)/t20-/m1/s1. The summed E-state index contributed by atoms with van der Waals surface area (Å²) in [6.45, 7) is 0.423. The van der Waals surface area contributed by atoms with Crippen LogP contribution in [0.3, 0.4) is 0 Å². The molecule has 0 aliphatic rings. The molecule has 0 saturated carbocycles. The summed E-state index contributed by atoms with van der Waals surface area (Å²) in [6.07, 6.45) is 6.13. The van der Waals surface area contributed by atoms with E-state index in [1.165, 1.54) is 22.0 Å². The van der Waals surface area contributed by atoms with Crippen molar-refractivity contribution in [2.45, 2.75) is 31.7 Å². The Morgan fingerprint density at radius 1 is 1.03 bits per heavy atom. The van der Waals surface area contributed by atoms with Crippen molar-refractivity contribution in [2.24, 2.45) is 7.05 Å². The van der Waals surface area contributed by atoms with Gasteiger partial charge in [-0.1, -0.05) is 48.5 Å². The summed E-state index contributed by atoms with van der Waals surface area (Å²) in [4.78, 5) is 12.7. The molecule has 1 atom stereocenters. The van der Waals surface area contributed by atoms with E-state index in [0.717, 1.165) is 18.6 Å². The lowest BCUT2D eigenvalue weighted by Gasteiger charge is -2.17. The minimum absolute atomic E-state index is 0.0485. The molecule has 0 aliphatic carbocycles. The molecule has 4 heteroatoms. The van der Waals surface area contributed by atoms with Crippen LogP contribution in [-0.4, -0.2) is 10.5 Å². The first-order valence-corrected chi connectivity index (χ1v) is 10.1. The van der Waals surface area contributed by atoms with Gasteiger partial charge in [0, 0.05) is 30.6 Å². The van der Waals surface area contributed by atoms with Gasteiger partial charge in [0.25, 0.3) is 0 Å². The lowest BCUT2D eigenvalue weighted by Crippen LogP contribution is -2.24. The third-order valence-electron chi connectivity index (χ3n) is 5.46. The van der Waals surface area contributed by atoms with Crippen molar-refractivity contribution in [3.8, 4) is 0 Å². The molecule has 29 heavy (non-hydrogen) atoms. The number of fused-ring (bicyclic) bond motifs is 1. The summed E-state index contributed by atoms with van der Waals surface area (Å²) < 4.78 is 7.48. The summed E-state index contributed by atoms with van der Waals surface area (Å²) in [6, 6.07) is 22.6. The van der Waals surface area contributed by atoms with Gasteiger partial charge in [-0.2, -0.15) is 0 Å². The van der Waals surface area contributed by atoms with E-state index in [9.17, 15) is 4.79 Å². The highest BCUT2D eigenvalue weighted by atomic mass is 16.3. The molecule has 1 amide bonds. The molecule has 0 bridgehead atoms. The highest BCUT2D eigenvalue weighted by molar-refractivity contribution is 5.85. The van der Waals surface area contributed by atoms with Crippen LogP contribution >= 0.6 is 0 Å². The average molecular weight is 386 g/mol. The Kier molecular flexibility index (Phi) is 5.80. The number of benzene rings is 2. The number of aromatic nitrogens is 1. The number of hydrogen-bond acceptors (Lipinski definition) is 2. The Bertz CT molecular complexity index is 1060. The van der Waals surface area contributed by atoms with Crippen LogP contribution in [0.25, 0.3) is 10.9 Å². The molecular formula is C25H26N2O2. The number of nitrogens with one attached hydrogen (secondary N) is 1. The maximum Gasteiger partial charge on any atom is 0.220 e. The van der Waals surface area contributed by atoms with Gasteiger partial charge in [-0.3, -0.25) is 4.79 Å². The Morgan fingerprint density at radius 2 is 1.83 bits per heavy atom. The van der Waals surface area contributed by atoms with E-state index in [-0.39, 0.29) is 11.8 Å². The number of nitrogens with zero attached hydrogens (tertiary/aromatic N) is 1. The van der Waals surface area contributed by atoms with Crippen molar-refractivity contribution in [3.05, 3.63) is 96.1 Å². The zero-order valence-corrected chi connectivity index (χ0v) is 16.7. The van der Waals surface area contributed by atoms with Crippen LogP contribution in [0.2, 0.25) is 0 Å². The van der Waals surface area contributed by atoms with Crippen molar-refractivity contribution in [1.29, 1.82) is 0 Å². The van der Waals surface area contributed by atoms with E-state index in [1.807, 2.05) is 18.2 Å². The summed E-state index contributed by atoms with van der Waals surface area (Å²) in [5.74, 6) is 0.967. The Hall–Kier alpha value is -3.27. The van der Waals surface area contributed by atoms with Gasteiger partial charge < -0.3 is 14.3 Å². The van der Waals surface area contributed by atoms with E-state index >= 15 is 0 Å². The third kappa shape index (κ3) is 4.60. The number of amides is 1. The van der Waals surface area contributed by atoms with E-state index in [4.69, 9.17) is 4.42 Å². The van der Waals surface area contributed by atoms with Crippen LogP contribution in [0, 0.1) is 0 Å². The zero-order valence-electron chi connectivity index (χ0n) is 16.7. The van der Waals surface area contributed by atoms with Crippen LogP contribution in [0.15, 0.2) is 83.6 Å². The largest absolute Gasteiger partial charge is 0.467 e. The molecular weight excluding hydrogens is 360 g/mol. The lowest BCUT2D eigenvalue weighted by molar-refractivity contribution is -0.121. The van der Waals surface area contributed by atoms with Gasteiger partial charge >= 0.3 is 0 Å². The van der Waals surface area contributed by atoms with Gasteiger partial charge in [0.2, 0.25) is 5.91 Å². The molecule has 0 aliphatic heterocycles. The molecule has 2 aromatic heterocycles. The van der Waals surface area contributed by atoms with Crippen LogP contribution in [0.5, 0.6) is 0 Å². The molecule has 2 aromatic carbocycles. The summed E-state index contributed by atoms with van der Waals surface area (Å²) in [5, 5.41) is 4.23. The summed E-state index contributed by atoms with van der Waals surface area (Å²) in [5.41, 5.74) is 3.74. The normalized spacial score (nSPS) is 12.2. The maximum absolute atomic E-state index is 12.7. The van der Waals surface area contributed by atoms with Gasteiger partial charge in [-0.25, -0.2) is 0 Å². The average Bonchev–Trinajstić information content (AvgIpc) is 3.39. The van der Waals surface area contributed by atoms with E-state index in [1.54, 1.807) is 6.26 Å². The molecule has 0 spiro atoms. The van der Waals surface area contributed by atoms with Crippen LogP contribution < -0.4 is 5.32 Å². The highest BCUT2D eigenvalue weighted by Crippen LogP contribution is 2.32. The van der Waals surface area contributed by atoms with Crippen molar-refractivity contribution < 1.29 is 9.21 Å². The minimum atomic E-state index is 0.0485. The molecule has 4 nitrogen and oxygen atoms in total. The Morgan fingerprint density at radius 3 is 2.62 bits per heavy atom. The van der Waals surface area contributed by atoms with E-state index < -0.39 is 0 Å². The number of carbonyl (C=O) groups excluding carboxylic acids is 1. The molecule has 0 fully saturated rings. The predicted octanol–water partition coefficient (Wildman–Crippen LogP) is 5.19. The fraction of sp³-hybridized carbons (Fsp3) is 0.240. The molecule has 148 valence electrons. The fourth-order valence-corrected chi connectivity index (χ4v) is 3.95. The second kappa shape index (κ2) is 8.82. The van der Waals surface area contributed by atoms with Gasteiger partial charge in [-0.05, 0) is 48.1 Å². The van der Waals surface area contributed by atoms with E-state index in [0.29, 0.717) is 13.0 Å². The van der Waals surface area contributed by atoms with Crippen LogP contribution in [-0.2, 0) is 24.8 Å². The number of aryl methyl sites for hydroxylation is 2. The summed E-state index contributed by atoms with van der Waals surface area (Å²) in [7, 11) is 2.07. The number of hydrogen-bond donors (Lipinski definition) is 1. The quantitative estimate of drug-likeness (QED) is 0.453. The molecule has 2 heterocycles. The molecule has 4 rings (SSSR count). The Labute approximate surface area is 171 Å². The van der Waals surface area contributed by atoms with E-state index in [2.05, 4.69) is 71.7 Å². The van der Waals surface area contributed by atoms with Crippen LogP contribution in [0.1, 0.15) is 35.6 Å². The topological polar surface area (TPSA) is 47.2 Å². The molecule has 0 saturated heterocycles. The maximum atomic E-state index is 12.7. The van der Waals surface area contributed by atoms with Crippen molar-refractivity contribution in [3.63, 3.8) is 0 Å².